The topological polar surface area (TPSA) is 125 Å². The number of rotatable bonds is 4. The average Bonchev–Trinajstić information content (AvgIpc) is 2.70. The Hall–Kier alpha value is -3.59. The van der Waals surface area contributed by atoms with Gasteiger partial charge in [-0.3, -0.25) is 24.8 Å². The lowest BCUT2D eigenvalue weighted by Crippen LogP contribution is -2.35. The number of nitrogens with zero attached hydrogens (tertiary/aromatic N) is 4. The summed E-state index contributed by atoms with van der Waals surface area (Å²) >= 11 is 0. The Labute approximate surface area is 159 Å². The van der Waals surface area contributed by atoms with Crippen molar-refractivity contribution in [1.29, 1.82) is 0 Å². The van der Waals surface area contributed by atoms with Crippen molar-refractivity contribution in [1.82, 2.24) is 19.9 Å². The zero-order valence-electron chi connectivity index (χ0n) is 14.8. The fraction of sp³-hybridized carbons (Fsp3) is 0.211. The molecule has 3 heterocycles. The van der Waals surface area contributed by atoms with Gasteiger partial charge in [0.2, 0.25) is 0 Å². The van der Waals surface area contributed by atoms with E-state index < -0.39 is 4.92 Å². The predicted octanol–water partition coefficient (Wildman–Crippen LogP) is 2.00. The average molecular weight is 379 g/mol. The number of phenolic OH excluding ortho intramolecular Hbond substituents is 1. The second-order valence-electron chi connectivity index (χ2n) is 6.61. The monoisotopic (exact) mass is 379 g/mol. The number of pyridine rings is 1. The molecular formula is C19H17N5O4. The molecule has 28 heavy (non-hydrogen) atoms. The molecule has 1 aromatic carbocycles. The fourth-order valence-electron chi connectivity index (χ4n) is 3.31. The molecule has 9 nitrogen and oxygen atoms in total. The largest absolute Gasteiger partial charge is 0.508 e. The highest BCUT2D eigenvalue weighted by atomic mass is 16.6. The number of hydrogen-bond acceptors (Lipinski definition) is 7. The van der Waals surface area contributed by atoms with Gasteiger partial charge >= 0.3 is 0 Å². The molecule has 9 heteroatoms. The minimum Gasteiger partial charge on any atom is -0.508 e. The summed E-state index contributed by atoms with van der Waals surface area (Å²) in [4.78, 5) is 36.4. The summed E-state index contributed by atoms with van der Waals surface area (Å²) in [6.45, 7) is 1.28. The van der Waals surface area contributed by atoms with Crippen molar-refractivity contribution in [3.05, 3.63) is 80.0 Å². The van der Waals surface area contributed by atoms with Crippen LogP contribution in [0.15, 0.2) is 47.5 Å². The summed E-state index contributed by atoms with van der Waals surface area (Å²) < 4.78 is 0. The second-order valence-corrected chi connectivity index (χ2v) is 6.61. The van der Waals surface area contributed by atoms with E-state index in [4.69, 9.17) is 0 Å². The molecule has 1 aliphatic rings. The molecule has 2 aromatic heterocycles. The number of nitrogens with one attached hydrogen (secondary N) is 1. The van der Waals surface area contributed by atoms with Gasteiger partial charge in [0.15, 0.2) is 0 Å². The van der Waals surface area contributed by atoms with Gasteiger partial charge in [-0.1, -0.05) is 0 Å². The Balaban J connectivity index is 1.58. The molecule has 0 unspecified atom stereocenters. The minimum absolute atomic E-state index is 0.00430. The van der Waals surface area contributed by atoms with Crippen LogP contribution < -0.4 is 5.56 Å². The number of H-pyrrole nitrogens is 1. The van der Waals surface area contributed by atoms with Crippen molar-refractivity contribution in [2.75, 3.05) is 6.54 Å². The fourth-order valence-corrected chi connectivity index (χ4v) is 3.31. The number of phenols is 1. The van der Waals surface area contributed by atoms with Crippen LogP contribution in [0.3, 0.4) is 0 Å². The standard InChI is InChI=1S/C19H17N5O4/c25-17-4-3-14(24(27)28)8-13(17)10-23-7-5-16-15(11-23)19(26)22-18(21-16)12-2-1-6-20-9-12/h1-4,6,8-9,25H,5,7,10-11H2,(H,21,22,26). The van der Waals surface area contributed by atoms with Gasteiger partial charge in [-0.05, 0) is 18.2 Å². The van der Waals surface area contributed by atoms with E-state index in [9.17, 15) is 20.0 Å². The van der Waals surface area contributed by atoms with Crippen LogP contribution in [0.1, 0.15) is 16.8 Å². The number of nitro benzene ring substituents is 1. The van der Waals surface area contributed by atoms with Crippen LogP contribution >= 0.6 is 0 Å². The first-order valence-corrected chi connectivity index (χ1v) is 8.72. The molecule has 4 rings (SSSR count). The number of benzene rings is 1. The van der Waals surface area contributed by atoms with Gasteiger partial charge in [0, 0.05) is 61.7 Å². The first-order chi connectivity index (χ1) is 13.5. The first-order valence-electron chi connectivity index (χ1n) is 8.72. The molecule has 0 spiro atoms. The number of aromatic nitrogens is 3. The lowest BCUT2D eigenvalue weighted by Gasteiger charge is -2.27. The van der Waals surface area contributed by atoms with Crippen LogP contribution in [0.5, 0.6) is 5.75 Å². The maximum atomic E-state index is 12.6. The van der Waals surface area contributed by atoms with Gasteiger partial charge < -0.3 is 10.1 Å². The number of fused-ring (bicyclic) bond motifs is 1. The summed E-state index contributed by atoms with van der Waals surface area (Å²) in [6, 6.07) is 7.55. The molecule has 0 atom stereocenters. The van der Waals surface area contributed by atoms with E-state index in [-0.39, 0.29) is 17.0 Å². The molecule has 0 fully saturated rings. The van der Waals surface area contributed by atoms with Crippen molar-refractivity contribution in [2.45, 2.75) is 19.5 Å². The maximum Gasteiger partial charge on any atom is 0.270 e. The zero-order valence-corrected chi connectivity index (χ0v) is 14.8. The highest BCUT2D eigenvalue weighted by Gasteiger charge is 2.23. The summed E-state index contributed by atoms with van der Waals surface area (Å²) in [6.07, 6.45) is 3.87. The molecule has 0 radical (unpaired) electrons. The lowest BCUT2D eigenvalue weighted by molar-refractivity contribution is -0.385. The molecule has 0 bridgehead atoms. The second kappa shape index (κ2) is 7.20. The van der Waals surface area contributed by atoms with Gasteiger partial charge in [0.1, 0.15) is 11.6 Å². The van der Waals surface area contributed by atoms with Gasteiger partial charge in [-0.25, -0.2) is 4.98 Å². The van der Waals surface area contributed by atoms with E-state index in [0.29, 0.717) is 43.0 Å². The van der Waals surface area contributed by atoms with Crippen molar-refractivity contribution in [3.8, 4) is 17.1 Å². The molecule has 3 aromatic rings. The molecule has 142 valence electrons. The third-order valence-electron chi connectivity index (χ3n) is 4.75. The van der Waals surface area contributed by atoms with Crippen LogP contribution in [0, 0.1) is 10.1 Å². The summed E-state index contributed by atoms with van der Waals surface area (Å²) in [5.74, 6) is 0.483. The van der Waals surface area contributed by atoms with E-state index in [2.05, 4.69) is 15.0 Å². The van der Waals surface area contributed by atoms with Crippen molar-refractivity contribution in [3.63, 3.8) is 0 Å². The lowest BCUT2D eigenvalue weighted by atomic mass is 10.0. The summed E-state index contributed by atoms with van der Waals surface area (Å²) in [7, 11) is 0. The quantitative estimate of drug-likeness (QED) is 0.524. The van der Waals surface area contributed by atoms with Gasteiger partial charge in [0.05, 0.1) is 16.2 Å². The van der Waals surface area contributed by atoms with E-state index in [1.807, 2.05) is 11.0 Å². The minimum atomic E-state index is -0.497. The Bertz CT molecular complexity index is 1100. The van der Waals surface area contributed by atoms with Crippen molar-refractivity contribution >= 4 is 5.69 Å². The number of non-ortho nitro benzene ring substituents is 1. The normalized spacial score (nSPS) is 13.9. The zero-order chi connectivity index (χ0) is 19.7. The third-order valence-corrected chi connectivity index (χ3v) is 4.75. The smallest absolute Gasteiger partial charge is 0.270 e. The summed E-state index contributed by atoms with van der Waals surface area (Å²) in [5.41, 5.74) is 2.22. The number of aromatic hydroxyl groups is 1. The molecule has 1 aliphatic heterocycles. The Morgan fingerprint density at radius 2 is 2.18 bits per heavy atom. The SMILES string of the molecule is O=c1[nH]c(-c2cccnc2)nc2c1CN(Cc1cc([N+](=O)[O-])ccc1O)CC2. The highest BCUT2D eigenvalue weighted by Crippen LogP contribution is 2.26. The Morgan fingerprint density at radius 1 is 1.32 bits per heavy atom. The van der Waals surface area contributed by atoms with Crippen LogP contribution in [-0.4, -0.2) is 36.4 Å². The number of aromatic amines is 1. The predicted molar refractivity (Wildman–Crippen MR) is 101 cm³/mol. The number of nitro groups is 1. The molecule has 0 amide bonds. The highest BCUT2D eigenvalue weighted by molar-refractivity contribution is 5.53. The van der Waals surface area contributed by atoms with Gasteiger partial charge in [-0.2, -0.15) is 0 Å². The van der Waals surface area contributed by atoms with E-state index >= 15 is 0 Å². The van der Waals surface area contributed by atoms with Crippen LogP contribution in [0.25, 0.3) is 11.4 Å². The van der Waals surface area contributed by atoms with Crippen LogP contribution in [0.2, 0.25) is 0 Å². The van der Waals surface area contributed by atoms with E-state index in [1.165, 1.54) is 18.2 Å². The van der Waals surface area contributed by atoms with E-state index in [1.54, 1.807) is 18.5 Å². The van der Waals surface area contributed by atoms with Crippen LogP contribution in [0.4, 0.5) is 5.69 Å². The molecule has 0 aliphatic carbocycles. The molecule has 2 N–H and O–H groups in total. The molecule has 0 saturated carbocycles. The Kier molecular flexibility index (Phi) is 4.58. The van der Waals surface area contributed by atoms with Crippen LogP contribution in [-0.2, 0) is 19.5 Å². The van der Waals surface area contributed by atoms with Gasteiger partial charge in [-0.15, -0.1) is 0 Å². The van der Waals surface area contributed by atoms with Crippen molar-refractivity contribution in [2.24, 2.45) is 0 Å². The van der Waals surface area contributed by atoms with E-state index in [0.717, 1.165) is 11.3 Å². The number of hydrogen-bond donors (Lipinski definition) is 2. The summed E-state index contributed by atoms with van der Waals surface area (Å²) in [5, 5.41) is 21.0. The Morgan fingerprint density at radius 3 is 2.93 bits per heavy atom. The van der Waals surface area contributed by atoms with Gasteiger partial charge in [0.25, 0.3) is 11.2 Å². The maximum absolute atomic E-state index is 12.6. The molecule has 0 saturated heterocycles. The molecular weight excluding hydrogens is 362 g/mol. The first kappa shape index (κ1) is 17.8. The third kappa shape index (κ3) is 3.47. The van der Waals surface area contributed by atoms with Crippen molar-refractivity contribution < 1.29 is 10.0 Å².